The molecule has 0 radical (unpaired) electrons. The second kappa shape index (κ2) is 13.8. The summed E-state index contributed by atoms with van der Waals surface area (Å²) in [6, 6.07) is -3.56. The first-order valence-electron chi connectivity index (χ1n) is 12.2. The van der Waals surface area contributed by atoms with Crippen LogP contribution in [0.2, 0.25) is 0 Å². The number of likely N-dealkylation sites (tertiary alicyclic amines) is 1. The van der Waals surface area contributed by atoms with Gasteiger partial charge in [0.25, 0.3) is 0 Å². The van der Waals surface area contributed by atoms with E-state index in [0.29, 0.717) is 45.2 Å². The molecule has 8 N–H and O–H groups in total. The number of aliphatic carboxylic acids is 1. The topological polar surface area (TPSA) is 197 Å². The smallest absolute Gasteiger partial charge is 0.326 e. The third-order valence-corrected chi connectivity index (χ3v) is 6.05. The number of nitrogens with two attached hydrogens (primary N) is 2. The van der Waals surface area contributed by atoms with Gasteiger partial charge in [-0.1, -0.05) is 13.8 Å². The summed E-state index contributed by atoms with van der Waals surface area (Å²) in [6.07, 6.45) is 6.27. The highest BCUT2D eigenvalue weighted by Crippen LogP contribution is 2.19. The zero-order valence-electron chi connectivity index (χ0n) is 20.5. The number of aromatic nitrogens is 2. The third kappa shape index (κ3) is 8.62. The first kappa shape index (κ1) is 28.2. The fraction of sp³-hybridized carbons (Fsp3) is 0.696. The van der Waals surface area contributed by atoms with Crippen molar-refractivity contribution in [2.24, 2.45) is 17.4 Å². The molecule has 1 aliphatic heterocycles. The molecule has 0 bridgehead atoms. The van der Waals surface area contributed by atoms with Crippen LogP contribution in [0.3, 0.4) is 0 Å². The Labute approximate surface area is 205 Å². The van der Waals surface area contributed by atoms with Crippen molar-refractivity contribution in [2.45, 2.75) is 83.0 Å². The Kier molecular flexibility index (Phi) is 11.1. The molecule has 2 rings (SSSR count). The highest BCUT2D eigenvalue weighted by molar-refractivity contribution is 5.94. The van der Waals surface area contributed by atoms with Crippen LogP contribution in [0.5, 0.6) is 0 Å². The lowest BCUT2D eigenvalue weighted by Gasteiger charge is -2.28. The largest absolute Gasteiger partial charge is 0.480 e. The Morgan fingerprint density at radius 3 is 2.57 bits per heavy atom. The number of nitrogens with zero attached hydrogens (tertiary/aromatic N) is 2. The van der Waals surface area contributed by atoms with Gasteiger partial charge in [0.05, 0.1) is 12.4 Å². The zero-order chi connectivity index (χ0) is 26.0. The quantitative estimate of drug-likeness (QED) is 0.186. The Hall–Kier alpha value is -2.99. The minimum Gasteiger partial charge on any atom is -0.480 e. The van der Waals surface area contributed by atoms with Gasteiger partial charge >= 0.3 is 5.97 Å². The van der Waals surface area contributed by atoms with E-state index in [1.807, 2.05) is 13.8 Å². The summed E-state index contributed by atoms with van der Waals surface area (Å²) >= 11 is 0. The van der Waals surface area contributed by atoms with Crippen LogP contribution in [-0.4, -0.2) is 80.9 Å². The summed E-state index contributed by atoms with van der Waals surface area (Å²) in [6.45, 7) is 4.57. The van der Waals surface area contributed by atoms with Crippen LogP contribution in [0.25, 0.3) is 0 Å². The monoisotopic (exact) mass is 493 g/mol. The van der Waals surface area contributed by atoms with Crippen molar-refractivity contribution in [2.75, 3.05) is 13.1 Å². The number of amides is 3. The number of H-pyrrole nitrogens is 1. The van der Waals surface area contributed by atoms with E-state index in [9.17, 15) is 24.3 Å². The fourth-order valence-corrected chi connectivity index (χ4v) is 4.23. The zero-order valence-corrected chi connectivity index (χ0v) is 20.5. The van der Waals surface area contributed by atoms with Crippen LogP contribution < -0.4 is 22.1 Å². The van der Waals surface area contributed by atoms with E-state index >= 15 is 0 Å². The summed E-state index contributed by atoms with van der Waals surface area (Å²) in [5, 5.41) is 14.8. The van der Waals surface area contributed by atoms with Gasteiger partial charge in [-0.15, -0.1) is 0 Å². The SMILES string of the molecule is CC(C)CC(NC(=O)C(CCCCN)NC(=O)C1CCCN1C(=O)C(N)Cc1cnc[nH]1)C(=O)O. The van der Waals surface area contributed by atoms with Gasteiger partial charge in [-0.05, 0) is 51.0 Å². The highest BCUT2D eigenvalue weighted by atomic mass is 16.4. The van der Waals surface area contributed by atoms with Crippen LogP contribution in [0.15, 0.2) is 12.5 Å². The van der Waals surface area contributed by atoms with Crippen molar-refractivity contribution in [3.05, 3.63) is 18.2 Å². The molecule has 1 fully saturated rings. The summed E-state index contributed by atoms with van der Waals surface area (Å²) in [5.41, 5.74) is 12.4. The van der Waals surface area contributed by atoms with E-state index in [1.54, 1.807) is 6.20 Å². The average Bonchev–Trinajstić information content (AvgIpc) is 3.49. The minimum atomic E-state index is -1.13. The van der Waals surface area contributed by atoms with Crippen molar-refractivity contribution < 1.29 is 24.3 Å². The summed E-state index contributed by atoms with van der Waals surface area (Å²) in [4.78, 5) is 59.0. The molecule has 0 spiro atoms. The molecule has 12 heteroatoms. The first-order valence-corrected chi connectivity index (χ1v) is 12.2. The lowest BCUT2D eigenvalue weighted by molar-refractivity contribution is -0.143. The van der Waals surface area contributed by atoms with Crippen LogP contribution in [0.4, 0.5) is 0 Å². The number of carboxylic acid groups (broad SMARTS) is 1. The molecule has 35 heavy (non-hydrogen) atoms. The molecular formula is C23H39N7O5. The molecule has 2 heterocycles. The molecule has 196 valence electrons. The van der Waals surface area contributed by atoms with Crippen molar-refractivity contribution in [3.63, 3.8) is 0 Å². The maximum absolute atomic E-state index is 13.2. The normalized spacial score (nSPS) is 18.2. The summed E-state index contributed by atoms with van der Waals surface area (Å²) in [7, 11) is 0. The fourth-order valence-electron chi connectivity index (χ4n) is 4.23. The number of aromatic amines is 1. The molecule has 12 nitrogen and oxygen atoms in total. The van der Waals surface area contributed by atoms with Gasteiger partial charge in [0, 0.05) is 24.9 Å². The van der Waals surface area contributed by atoms with Crippen LogP contribution >= 0.6 is 0 Å². The Morgan fingerprint density at radius 1 is 1.23 bits per heavy atom. The van der Waals surface area contributed by atoms with Gasteiger partial charge < -0.3 is 37.1 Å². The Morgan fingerprint density at radius 2 is 1.97 bits per heavy atom. The van der Waals surface area contributed by atoms with Crippen molar-refractivity contribution in [3.8, 4) is 0 Å². The molecule has 1 aromatic heterocycles. The molecule has 0 aliphatic carbocycles. The molecule has 4 unspecified atom stereocenters. The maximum atomic E-state index is 13.2. The number of nitrogens with one attached hydrogen (secondary N) is 3. The maximum Gasteiger partial charge on any atom is 0.326 e. The Bertz CT molecular complexity index is 845. The number of carboxylic acids is 1. The van der Waals surface area contributed by atoms with E-state index < -0.39 is 42.0 Å². The van der Waals surface area contributed by atoms with Crippen molar-refractivity contribution in [1.29, 1.82) is 0 Å². The van der Waals surface area contributed by atoms with Crippen molar-refractivity contribution >= 4 is 23.7 Å². The molecular weight excluding hydrogens is 454 g/mol. The van der Waals surface area contributed by atoms with E-state index in [0.717, 1.165) is 5.69 Å². The second-order valence-corrected chi connectivity index (χ2v) is 9.45. The Balaban J connectivity index is 2.06. The number of hydrogen-bond acceptors (Lipinski definition) is 7. The predicted molar refractivity (Wildman–Crippen MR) is 129 cm³/mol. The van der Waals surface area contributed by atoms with E-state index in [4.69, 9.17) is 11.5 Å². The standard InChI is InChI=1S/C23H39N7O5/c1-14(2)10-18(23(34)35)29-20(31)17(6-3-4-8-24)28-21(32)19-7-5-9-30(19)22(33)16(25)11-15-12-26-13-27-15/h12-14,16-19H,3-11,24-25H2,1-2H3,(H,26,27)(H,28,32)(H,29,31)(H,34,35). The molecule has 3 amide bonds. The highest BCUT2D eigenvalue weighted by Gasteiger charge is 2.38. The molecule has 4 atom stereocenters. The first-order chi connectivity index (χ1) is 16.6. The summed E-state index contributed by atoms with van der Waals surface area (Å²) in [5.74, 6) is -2.42. The number of rotatable bonds is 14. The lowest BCUT2D eigenvalue weighted by Crippen LogP contribution is -2.56. The van der Waals surface area contributed by atoms with Gasteiger partial charge in [-0.2, -0.15) is 0 Å². The van der Waals surface area contributed by atoms with Gasteiger partial charge in [-0.25, -0.2) is 9.78 Å². The van der Waals surface area contributed by atoms with Gasteiger partial charge in [-0.3, -0.25) is 14.4 Å². The minimum absolute atomic E-state index is 0.0608. The van der Waals surface area contributed by atoms with Gasteiger partial charge in [0.15, 0.2) is 0 Å². The number of carbonyl (C=O) groups is 4. The molecule has 0 saturated carbocycles. The molecule has 1 aromatic rings. The number of hydrogen-bond donors (Lipinski definition) is 6. The van der Waals surface area contributed by atoms with Crippen LogP contribution in [0, 0.1) is 5.92 Å². The van der Waals surface area contributed by atoms with E-state index in [1.165, 1.54) is 11.2 Å². The number of imidazole rings is 1. The van der Waals surface area contributed by atoms with E-state index in [-0.39, 0.29) is 24.7 Å². The molecule has 1 saturated heterocycles. The third-order valence-electron chi connectivity index (χ3n) is 6.05. The van der Waals surface area contributed by atoms with Gasteiger partial charge in [0.1, 0.15) is 18.1 Å². The van der Waals surface area contributed by atoms with Crippen molar-refractivity contribution in [1.82, 2.24) is 25.5 Å². The summed E-state index contributed by atoms with van der Waals surface area (Å²) < 4.78 is 0. The molecule has 0 aromatic carbocycles. The van der Waals surface area contributed by atoms with Crippen LogP contribution in [-0.2, 0) is 25.6 Å². The average molecular weight is 494 g/mol. The molecule has 1 aliphatic rings. The predicted octanol–water partition coefficient (Wildman–Crippen LogP) is -0.500. The number of carbonyl (C=O) groups excluding carboxylic acids is 3. The second-order valence-electron chi connectivity index (χ2n) is 9.45. The number of unbranched alkanes of at least 4 members (excludes halogenated alkanes) is 1. The van der Waals surface area contributed by atoms with Crippen LogP contribution in [0.1, 0.15) is 58.1 Å². The van der Waals surface area contributed by atoms with Gasteiger partial charge in [0.2, 0.25) is 17.7 Å². The van der Waals surface area contributed by atoms with E-state index in [2.05, 4.69) is 20.6 Å². The lowest BCUT2D eigenvalue weighted by atomic mass is 10.0.